The molecule has 1 N–H and O–H groups in total. The lowest BCUT2D eigenvalue weighted by Gasteiger charge is -2.15. The number of nitrogens with zero attached hydrogens (tertiary/aromatic N) is 3. The smallest absolute Gasteiger partial charge is 0.422 e. The monoisotopic (exact) mass is 408 g/mol. The van der Waals surface area contributed by atoms with Crippen molar-refractivity contribution >= 4 is 11.7 Å². The molecule has 1 amide bonds. The van der Waals surface area contributed by atoms with Gasteiger partial charge in [-0.3, -0.25) is 9.59 Å². The first-order chi connectivity index (χ1) is 13.7. The molecular formula is C19H19F3N4O3. The summed E-state index contributed by atoms with van der Waals surface area (Å²) in [6.45, 7) is 0.273. The Morgan fingerprint density at radius 1 is 1.24 bits per heavy atom. The van der Waals surface area contributed by atoms with Crippen LogP contribution in [0.3, 0.4) is 0 Å². The van der Waals surface area contributed by atoms with Crippen molar-refractivity contribution in [3.63, 3.8) is 0 Å². The van der Waals surface area contributed by atoms with Gasteiger partial charge >= 0.3 is 6.18 Å². The van der Waals surface area contributed by atoms with E-state index in [4.69, 9.17) is 0 Å². The van der Waals surface area contributed by atoms with E-state index in [0.29, 0.717) is 11.4 Å². The first kappa shape index (κ1) is 20.7. The number of carbonyl (C=O) groups is 2. The second-order valence-corrected chi connectivity index (χ2v) is 6.80. The minimum atomic E-state index is -4.44. The molecule has 1 atom stereocenters. The summed E-state index contributed by atoms with van der Waals surface area (Å²) in [4.78, 5) is 36.3. The van der Waals surface area contributed by atoms with Crippen LogP contribution in [0.2, 0.25) is 0 Å². The SMILES string of the molecule is CC(NC(=O)c1ccnc(CC(=O)C2CC2)n1)c1ccc(OCC(F)(F)F)nc1. The van der Waals surface area contributed by atoms with E-state index in [0.717, 1.165) is 12.8 Å². The van der Waals surface area contributed by atoms with Crippen LogP contribution in [0.25, 0.3) is 0 Å². The summed E-state index contributed by atoms with van der Waals surface area (Å²) in [5.74, 6) is -0.153. The van der Waals surface area contributed by atoms with Crippen LogP contribution in [0.4, 0.5) is 13.2 Å². The Kier molecular flexibility index (Phi) is 6.09. The lowest BCUT2D eigenvalue weighted by Crippen LogP contribution is -2.28. The summed E-state index contributed by atoms with van der Waals surface area (Å²) in [6, 6.07) is 3.79. The van der Waals surface area contributed by atoms with Crippen LogP contribution in [-0.4, -0.2) is 39.4 Å². The van der Waals surface area contributed by atoms with Gasteiger partial charge in [-0.15, -0.1) is 0 Å². The second-order valence-electron chi connectivity index (χ2n) is 6.80. The van der Waals surface area contributed by atoms with Crippen molar-refractivity contribution in [2.45, 2.75) is 38.4 Å². The van der Waals surface area contributed by atoms with Crippen molar-refractivity contribution in [3.05, 3.63) is 47.7 Å². The molecule has 1 saturated carbocycles. The fourth-order valence-electron chi connectivity index (χ4n) is 2.56. The number of carbonyl (C=O) groups excluding carboxylic acids is 2. The van der Waals surface area contributed by atoms with Gasteiger partial charge in [0.1, 0.15) is 17.3 Å². The molecule has 1 unspecified atom stereocenters. The van der Waals surface area contributed by atoms with Crippen LogP contribution in [0.1, 0.15) is 47.7 Å². The quantitative estimate of drug-likeness (QED) is 0.722. The molecule has 1 aliphatic rings. The predicted octanol–water partition coefficient (Wildman–Crippen LogP) is 2.83. The van der Waals surface area contributed by atoms with Crippen LogP contribution in [0.5, 0.6) is 5.88 Å². The van der Waals surface area contributed by atoms with E-state index in [1.807, 2.05) is 0 Å². The average Bonchev–Trinajstić information content (AvgIpc) is 3.52. The Bertz CT molecular complexity index is 883. The molecule has 7 nitrogen and oxygen atoms in total. The summed E-state index contributed by atoms with van der Waals surface area (Å²) < 4.78 is 41.0. The largest absolute Gasteiger partial charge is 0.468 e. The Morgan fingerprint density at radius 2 is 2.00 bits per heavy atom. The Balaban J connectivity index is 1.57. The van der Waals surface area contributed by atoms with Crippen LogP contribution in [0.15, 0.2) is 30.6 Å². The van der Waals surface area contributed by atoms with Crippen LogP contribution in [0, 0.1) is 5.92 Å². The highest BCUT2D eigenvalue weighted by molar-refractivity contribution is 5.92. The van der Waals surface area contributed by atoms with Gasteiger partial charge in [0, 0.05) is 24.4 Å². The van der Waals surface area contributed by atoms with Crippen LogP contribution in [-0.2, 0) is 11.2 Å². The number of pyridine rings is 1. The molecule has 0 aliphatic heterocycles. The van der Waals surface area contributed by atoms with Crippen molar-refractivity contribution in [1.82, 2.24) is 20.3 Å². The summed E-state index contributed by atoms with van der Waals surface area (Å²) in [6.07, 6.45) is 0.202. The van der Waals surface area contributed by atoms with Gasteiger partial charge in [0.05, 0.1) is 12.5 Å². The highest BCUT2D eigenvalue weighted by atomic mass is 19.4. The predicted molar refractivity (Wildman–Crippen MR) is 95.1 cm³/mol. The molecule has 29 heavy (non-hydrogen) atoms. The number of alkyl halides is 3. The van der Waals surface area contributed by atoms with E-state index in [-0.39, 0.29) is 29.7 Å². The van der Waals surface area contributed by atoms with E-state index in [1.54, 1.807) is 6.92 Å². The highest BCUT2D eigenvalue weighted by Crippen LogP contribution is 2.30. The lowest BCUT2D eigenvalue weighted by atomic mass is 10.1. The fraction of sp³-hybridized carbons (Fsp3) is 0.421. The molecule has 154 valence electrons. The van der Waals surface area contributed by atoms with Gasteiger partial charge < -0.3 is 10.1 Å². The second kappa shape index (κ2) is 8.54. The van der Waals surface area contributed by atoms with Crippen molar-refractivity contribution in [2.75, 3.05) is 6.61 Å². The lowest BCUT2D eigenvalue weighted by molar-refractivity contribution is -0.154. The zero-order valence-electron chi connectivity index (χ0n) is 15.6. The normalized spacial score (nSPS) is 14.9. The van der Waals surface area contributed by atoms with E-state index < -0.39 is 24.7 Å². The molecule has 0 radical (unpaired) electrons. The number of rotatable bonds is 8. The number of ketones is 1. The first-order valence-corrected chi connectivity index (χ1v) is 9.02. The van der Waals surface area contributed by atoms with Gasteiger partial charge in [0.2, 0.25) is 5.88 Å². The number of ether oxygens (including phenoxy) is 1. The standard InChI is InChI=1S/C19H19F3N4O3/c1-11(13-4-5-17(24-9-13)29-10-19(20,21)22)25-18(28)14-6-7-23-16(26-14)8-15(27)12-2-3-12/h4-7,9,11-12H,2-3,8,10H2,1H3,(H,25,28). The van der Waals surface area contributed by atoms with Crippen LogP contribution < -0.4 is 10.1 Å². The molecule has 2 heterocycles. The number of nitrogens with one attached hydrogen (secondary N) is 1. The molecule has 1 aliphatic carbocycles. The molecular weight excluding hydrogens is 389 g/mol. The summed E-state index contributed by atoms with van der Waals surface area (Å²) >= 11 is 0. The number of Topliss-reactive ketones (excluding diaryl/α,β-unsaturated/α-hetero) is 1. The minimum Gasteiger partial charge on any atom is -0.468 e. The van der Waals surface area contributed by atoms with E-state index in [1.165, 1.54) is 30.6 Å². The highest BCUT2D eigenvalue weighted by Gasteiger charge is 2.30. The molecule has 0 bridgehead atoms. The van der Waals surface area contributed by atoms with Gasteiger partial charge in [0.25, 0.3) is 5.91 Å². The minimum absolute atomic E-state index is 0.0785. The van der Waals surface area contributed by atoms with Gasteiger partial charge in [-0.2, -0.15) is 13.2 Å². The van der Waals surface area contributed by atoms with Crippen molar-refractivity contribution in [1.29, 1.82) is 0 Å². The van der Waals surface area contributed by atoms with Crippen molar-refractivity contribution in [2.24, 2.45) is 5.92 Å². The molecule has 3 rings (SSSR count). The maximum absolute atomic E-state index is 12.4. The molecule has 1 fully saturated rings. The van der Waals surface area contributed by atoms with E-state index in [2.05, 4.69) is 25.0 Å². The maximum Gasteiger partial charge on any atom is 0.422 e. The number of hydrogen-bond acceptors (Lipinski definition) is 6. The van der Waals surface area contributed by atoms with E-state index >= 15 is 0 Å². The van der Waals surface area contributed by atoms with Crippen molar-refractivity contribution in [3.8, 4) is 5.88 Å². The Hall–Kier alpha value is -3.04. The van der Waals surface area contributed by atoms with Gasteiger partial charge in [-0.25, -0.2) is 15.0 Å². The molecule has 2 aromatic heterocycles. The van der Waals surface area contributed by atoms with Gasteiger partial charge in [-0.05, 0) is 31.4 Å². The number of aromatic nitrogens is 3. The number of halogens is 3. The average molecular weight is 408 g/mol. The molecule has 0 aromatic carbocycles. The third-order valence-corrected chi connectivity index (χ3v) is 4.29. The fourth-order valence-corrected chi connectivity index (χ4v) is 2.56. The van der Waals surface area contributed by atoms with Gasteiger partial charge in [-0.1, -0.05) is 6.07 Å². The molecule has 0 saturated heterocycles. The van der Waals surface area contributed by atoms with Crippen molar-refractivity contribution < 1.29 is 27.5 Å². The summed E-state index contributed by atoms with van der Waals surface area (Å²) in [5, 5.41) is 2.73. The number of amides is 1. The molecule has 2 aromatic rings. The first-order valence-electron chi connectivity index (χ1n) is 9.02. The Morgan fingerprint density at radius 3 is 2.62 bits per heavy atom. The topological polar surface area (TPSA) is 94.1 Å². The van der Waals surface area contributed by atoms with Gasteiger partial charge in [0.15, 0.2) is 6.61 Å². The van der Waals surface area contributed by atoms with E-state index in [9.17, 15) is 22.8 Å². The zero-order valence-corrected chi connectivity index (χ0v) is 15.6. The number of hydrogen-bond donors (Lipinski definition) is 1. The molecule has 0 spiro atoms. The Labute approximate surface area is 164 Å². The van der Waals surface area contributed by atoms with Crippen LogP contribution >= 0.6 is 0 Å². The third-order valence-electron chi connectivity index (χ3n) is 4.29. The summed E-state index contributed by atoms with van der Waals surface area (Å²) in [7, 11) is 0. The zero-order chi connectivity index (χ0) is 21.0. The molecule has 10 heteroatoms. The maximum atomic E-state index is 12.4. The summed E-state index contributed by atoms with van der Waals surface area (Å²) in [5.41, 5.74) is 0.708. The third kappa shape index (κ3) is 6.23.